The van der Waals surface area contributed by atoms with Gasteiger partial charge in [-0.15, -0.1) is 0 Å². The molecule has 2 aliphatic rings. The zero-order valence-corrected chi connectivity index (χ0v) is 13.0. The first-order valence-corrected chi connectivity index (χ1v) is 7.43. The maximum Gasteiger partial charge on any atom is 0.317 e. The summed E-state index contributed by atoms with van der Waals surface area (Å²) >= 11 is 0. The van der Waals surface area contributed by atoms with E-state index in [0.717, 1.165) is 0 Å². The van der Waals surface area contributed by atoms with Crippen LogP contribution in [-0.4, -0.2) is 10.7 Å². The lowest BCUT2D eigenvalue weighted by Crippen LogP contribution is -2.35. The largest absolute Gasteiger partial charge is 0.440 e. The number of ketones is 1. The van der Waals surface area contributed by atoms with Crippen molar-refractivity contribution in [1.82, 2.24) is 0 Å². The van der Waals surface area contributed by atoms with E-state index in [0.29, 0.717) is 29.7 Å². The number of benzene rings is 1. The van der Waals surface area contributed by atoms with Gasteiger partial charge in [0.25, 0.3) is 5.88 Å². The highest BCUT2D eigenvalue weighted by Gasteiger charge is 2.47. The molecule has 0 saturated heterocycles. The van der Waals surface area contributed by atoms with Crippen molar-refractivity contribution in [3.63, 3.8) is 0 Å². The quantitative estimate of drug-likeness (QED) is 0.669. The molecule has 3 rings (SSSR count). The van der Waals surface area contributed by atoms with Crippen LogP contribution in [0.2, 0.25) is 0 Å². The molecule has 6 nitrogen and oxygen atoms in total. The van der Waals surface area contributed by atoms with Crippen molar-refractivity contribution in [3.05, 3.63) is 68.9 Å². The van der Waals surface area contributed by atoms with E-state index in [1.807, 2.05) is 19.9 Å². The van der Waals surface area contributed by atoms with Crippen LogP contribution in [0.3, 0.4) is 0 Å². The number of hydrogen-bond acceptors (Lipinski definition) is 5. The molecule has 120 valence electrons. The fourth-order valence-corrected chi connectivity index (χ4v) is 3.32. The van der Waals surface area contributed by atoms with Crippen LogP contribution in [0.25, 0.3) is 0 Å². The first kappa shape index (κ1) is 15.3. The van der Waals surface area contributed by atoms with Gasteiger partial charge in [-0.05, 0) is 11.0 Å². The van der Waals surface area contributed by atoms with Crippen LogP contribution in [0.4, 0.5) is 0 Å². The van der Waals surface area contributed by atoms with E-state index in [9.17, 15) is 14.9 Å². The summed E-state index contributed by atoms with van der Waals surface area (Å²) < 4.78 is 5.50. The predicted octanol–water partition coefficient (Wildman–Crippen LogP) is 2.85. The van der Waals surface area contributed by atoms with E-state index < -0.39 is 10.8 Å². The van der Waals surface area contributed by atoms with E-state index in [1.165, 1.54) is 0 Å². The highest BCUT2D eigenvalue weighted by molar-refractivity contribution is 5.99. The molecule has 0 spiro atoms. The van der Waals surface area contributed by atoms with Crippen molar-refractivity contribution < 1.29 is 14.5 Å². The van der Waals surface area contributed by atoms with Gasteiger partial charge in [0.2, 0.25) is 0 Å². The normalized spacial score (nSPS) is 23.4. The fourth-order valence-electron chi connectivity index (χ4n) is 3.32. The summed E-state index contributed by atoms with van der Waals surface area (Å²) in [6.07, 6.45) is 0.868. The lowest BCUT2D eigenvalue weighted by atomic mass is 9.71. The van der Waals surface area contributed by atoms with E-state index in [4.69, 9.17) is 10.5 Å². The topological polar surface area (TPSA) is 95.5 Å². The summed E-state index contributed by atoms with van der Waals surface area (Å²) in [5.41, 5.74) is 6.36. The van der Waals surface area contributed by atoms with Crippen LogP contribution < -0.4 is 5.73 Å². The summed E-state index contributed by atoms with van der Waals surface area (Å²) in [6, 6.07) is 8.93. The van der Waals surface area contributed by atoms with Crippen molar-refractivity contribution in [1.29, 1.82) is 0 Å². The molecule has 0 fully saturated rings. The summed E-state index contributed by atoms with van der Waals surface area (Å²) in [5.74, 6) is -0.660. The number of carbonyl (C=O) groups excluding carboxylic acids is 1. The maximum absolute atomic E-state index is 12.7. The molecule has 0 bridgehead atoms. The molecule has 2 N–H and O–H groups in total. The van der Waals surface area contributed by atoms with Crippen LogP contribution in [0, 0.1) is 15.5 Å². The molecule has 0 amide bonds. The second kappa shape index (κ2) is 5.22. The van der Waals surface area contributed by atoms with Crippen molar-refractivity contribution >= 4 is 5.78 Å². The third kappa shape index (κ3) is 2.60. The van der Waals surface area contributed by atoms with E-state index in [-0.39, 0.29) is 22.8 Å². The van der Waals surface area contributed by atoms with Gasteiger partial charge in [-0.3, -0.25) is 14.9 Å². The smallest absolute Gasteiger partial charge is 0.317 e. The van der Waals surface area contributed by atoms with Crippen LogP contribution in [0.1, 0.15) is 38.2 Å². The van der Waals surface area contributed by atoms with Gasteiger partial charge < -0.3 is 10.5 Å². The Kier molecular flexibility index (Phi) is 3.47. The van der Waals surface area contributed by atoms with Gasteiger partial charge in [0.15, 0.2) is 5.78 Å². The van der Waals surface area contributed by atoms with Gasteiger partial charge in [-0.25, -0.2) is 0 Å². The minimum Gasteiger partial charge on any atom is -0.440 e. The zero-order valence-electron chi connectivity index (χ0n) is 13.0. The Balaban J connectivity index is 2.20. The number of carbonyl (C=O) groups is 1. The summed E-state index contributed by atoms with van der Waals surface area (Å²) in [5, 5.41) is 11.5. The Morgan fingerprint density at radius 3 is 2.52 bits per heavy atom. The van der Waals surface area contributed by atoms with Gasteiger partial charge in [-0.2, -0.15) is 0 Å². The van der Waals surface area contributed by atoms with Gasteiger partial charge >= 0.3 is 5.70 Å². The van der Waals surface area contributed by atoms with Crippen molar-refractivity contribution in [2.24, 2.45) is 11.1 Å². The SMILES string of the molecule is CC1(C)CC(=O)C2=C(C1)OC(N)=C([N+](=O)[O-])[C@H]2c1ccccc1. The lowest BCUT2D eigenvalue weighted by Gasteiger charge is -2.36. The standard InChI is InChI=1S/C17H18N2O4/c1-17(2)8-11(20)14-12(9-17)23-16(18)15(19(21)22)13(14)10-6-4-3-5-7-10/h3-7,13H,8-9,18H2,1-2H3/t13-/m0/s1. The first-order valence-electron chi connectivity index (χ1n) is 7.43. The van der Waals surface area contributed by atoms with Crippen LogP contribution in [-0.2, 0) is 9.53 Å². The Morgan fingerprint density at radius 2 is 1.91 bits per heavy atom. The van der Waals surface area contributed by atoms with Gasteiger partial charge in [0.1, 0.15) is 11.7 Å². The van der Waals surface area contributed by atoms with Gasteiger partial charge in [0, 0.05) is 12.8 Å². The molecule has 23 heavy (non-hydrogen) atoms. The minimum atomic E-state index is -0.779. The maximum atomic E-state index is 12.7. The average molecular weight is 314 g/mol. The molecule has 0 unspecified atom stereocenters. The molecule has 6 heteroatoms. The number of hydrogen-bond donors (Lipinski definition) is 1. The number of Topliss-reactive ketones (excluding diaryl/α,β-unsaturated/α-hetero) is 1. The Labute approximate surface area is 133 Å². The van der Waals surface area contributed by atoms with Crippen LogP contribution >= 0.6 is 0 Å². The minimum absolute atomic E-state index is 0.114. The molecule has 1 aromatic rings. The molecule has 0 aromatic heterocycles. The van der Waals surface area contributed by atoms with E-state index in [2.05, 4.69) is 0 Å². The predicted molar refractivity (Wildman–Crippen MR) is 83.5 cm³/mol. The fraction of sp³-hybridized carbons (Fsp3) is 0.353. The molecule has 1 heterocycles. The summed E-state index contributed by atoms with van der Waals surface area (Å²) in [7, 11) is 0. The second-order valence-corrected chi connectivity index (χ2v) is 6.73. The third-order valence-electron chi connectivity index (χ3n) is 4.26. The third-order valence-corrected chi connectivity index (χ3v) is 4.26. The Bertz CT molecular complexity index is 747. The van der Waals surface area contributed by atoms with Crippen LogP contribution in [0.15, 0.2) is 53.2 Å². The molecular formula is C17H18N2O4. The van der Waals surface area contributed by atoms with E-state index in [1.54, 1.807) is 24.3 Å². The number of allylic oxidation sites excluding steroid dienone is 2. The molecule has 1 aliphatic carbocycles. The Morgan fingerprint density at radius 1 is 1.26 bits per heavy atom. The monoisotopic (exact) mass is 314 g/mol. The Hall–Kier alpha value is -2.63. The molecule has 1 aliphatic heterocycles. The zero-order chi connectivity index (χ0) is 16.8. The number of rotatable bonds is 2. The lowest BCUT2D eigenvalue weighted by molar-refractivity contribution is -0.433. The van der Waals surface area contributed by atoms with Gasteiger partial charge in [-0.1, -0.05) is 44.2 Å². The van der Waals surface area contributed by atoms with E-state index >= 15 is 0 Å². The van der Waals surface area contributed by atoms with Gasteiger partial charge in [0.05, 0.1) is 10.5 Å². The molecular weight excluding hydrogens is 296 g/mol. The van der Waals surface area contributed by atoms with Crippen LogP contribution in [0.5, 0.6) is 0 Å². The molecule has 1 aromatic carbocycles. The molecule has 0 saturated carbocycles. The highest BCUT2D eigenvalue weighted by atomic mass is 16.6. The summed E-state index contributed by atoms with van der Waals surface area (Å²) in [4.78, 5) is 23.6. The first-order chi connectivity index (χ1) is 10.8. The summed E-state index contributed by atoms with van der Waals surface area (Å²) in [6.45, 7) is 3.94. The van der Waals surface area contributed by atoms with Crippen molar-refractivity contribution in [3.8, 4) is 0 Å². The second-order valence-electron chi connectivity index (χ2n) is 6.73. The van der Waals surface area contributed by atoms with Crippen molar-refractivity contribution in [2.45, 2.75) is 32.6 Å². The highest BCUT2D eigenvalue weighted by Crippen LogP contribution is 2.47. The number of nitrogens with two attached hydrogens (primary N) is 1. The number of ether oxygens (including phenoxy) is 1. The molecule has 0 radical (unpaired) electrons. The molecule has 1 atom stereocenters. The average Bonchev–Trinajstić information content (AvgIpc) is 2.44. The number of nitro groups is 1. The number of nitrogens with zero attached hydrogens (tertiary/aromatic N) is 1. The van der Waals surface area contributed by atoms with Crippen molar-refractivity contribution in [2.75, 3.05) is 0 Å².